The second kappa shape index (κ2) is 7.22. The minimum atomic E-state index is 0. The Balaban J connectivity index is 0.00000176. The van der Waals surface area contributed by atoms with Gasteiger partial charge in [-0.15, -0.1) is 23.7 Å². The highest BCUT2D eigenvalue weighted by atomic mass is 35.5. The lowest BCUT2D eigenvalue weighted by molar-refractivity contribution is -0.119. The zero-order valence-corrected chi connectivity index (χ0v) is 14.3. The number of rotatable bonds is 3. The summed E-state index contributed by atoms with van der Waals surface area (Å²) in [5.41, 5.74) is 4.54. The first-order chi connectivity index (χ1) is 10.1. The van der Waals surface area contributed by atoms with Gasteiger partial charge in [0.1, 0.15) is 0 Å². The van der Waals surface area contributed by atoms with E-state index in [0.717, 1.165) is 30.8 Å². The average molecular weight is 338 g/mol. The van der Waals surface area contributed by atoms with E-state index in [1.54, 1.807) is 0 Å². The SMILES string of the molecule is Cc1ccc(-c2csc(NC(=O)C3CCNC3)n2)cc1C.Cl. The summed E-state index contributed by atoms with van der Waals surface area (Å²) in [6, 6.07) is 6.31. The monoisotopic (exact) mass is 337 g/mol. The molecular weight excluding hydrogens is 318 g/mol. The molecule has 0 spiro atoms. The van der Waals surface area contributed by atoms with E-state index < -0.39 is 0 Å². The van der Waals surface area contributed by atoms with Crippen LogP contribution in [0.2, 0.25) is 0 Å². The molecule has 2 aromatic rings. The fourth-order valence-electron chi connectivity index (χ4n) is 2.45. The Labute approximate surface area is 140 Å². The van der Waals surface area contributed by atoms with Gasteiger partial charge in [-0.3, -0.25) is 4.79 Å². The maximum absolute atomic E-state index is 12.1. The summed E-state index contributed by atoms with van der Waals surface area (Å²) in [6.45, 7) is 5.88. The van der Waals surface area contributed by atoms with Crippen molar-refractivity contribution < 1.29 is 4.79 Å². The number of hydrogen-bond donors (Lipinski definition) is 2. The first-order valence-corrected chi connectivity index (χ1v) is 8.06. The summed E-state index contributed by atoms with van der Waals surface area (Å²) in [5.74, 6) is 0.139. The second-order valence-corrected chi connectivity index (χ2v) is 6.37. The van der Waals surface area contributed by atoms with Gasteiger partial charge in [-0.2, -0.15) is 0 Å². The van der Waals surface area contributed by atoms with Crippen LogP contribution in [0.1, 0.15) is 17.5 Å². The van der Waals surface area contributed by atoms with Crippen molar-refractivity contribution in [3.05, 3.63) is 34.7 Å². The maximum atomic E-state index is 12.1. The van der Waals surface area contributed by atoms with Gasteiger partial charge < -0.3 is 10.6 Å². The molecule has 0 radical (unpaired) electrons. The average Bonchev–Trinajstić information content (AvgIpc) is 3.12. The molecule has 2 heterocycles. The molecule has 1 amide bonds. The highest BCUT2D eigenvalue weighted by molar-refractivity contribution is 7.14. The minimum Gasteiger partial charge on any atom is -0.316 e. The maximum Gasteiger partial charge on any atom is 0.230 e. The van der Waals surface area contributed by atoms with Crippen LogP contribution in [-0.2, 0) is 4.79 Å². The molecule has 1 atom stereocenters. The Bertz CT molecular complexity index is 665. The zero-order chi connectivity index (χ0) is 14.8. The molecule has 2 N–H and O–H groups in total. The van der Waals surface area contributed by atoms with Crippen molar-refractivity contribution in [3.63, 3.8) is 0 Å². The standard InChI is InChI=1S/C16H19N3OS.ClH/c1-10-3-4-12(7-11(10)2)14-9-21-16(18-14)19-15(20)13-5-6-17-8-13;/h3-4,7,9,13,17H,5-6,8H2,1-2H3,(H,18,19,20);1H. The molecule has 118 valence electrons. The first-order valence-electron chi connectivity index (χ1n) is 7.18. The lowest BCUT2D eigenvalue weighted by Gasteiger charge is -2.06. The van der Waals surface area contributed by atoms with Crippen molar-refractivity contribution in [2.24, 2.45) is 5.92 Å². The molecule has 1 saturated heterocycles. The highest BCUT2D eigenvalue weighted by Crippen LogP contribution is 2.27. The molecule has 4 nitrogen and oxygen atoms in total. The third-order valence-corrected chi connectivity index (χ3v) is 4.73. The van der Waals surface area contributed by atoms with Crippen LogP contribution in [-0.4, -0.2) is 24.0 Å². The van der Waals surface area contributed by atoms with E-state index in [2.05, 4.69) is 47.7 Å². The van der Waals surface area contributed by atoms with Crippen LogP contribution in [0.15, 0.2) is 23.6 Å². The highest BCUT2D eigenvalue weighted by Gasteiger charge is 2.23. The number of anilines is 1. The van der Waals surface area contributed by atoms with Gasteiger partial charge in [0.2, 0.25) is 5.91 Å². The van der Waals surface area contributed by atoms with Gasteiger partial charge in [0.15, 0.2) is 5.13 Å². The molecule has 6 heteroatoms. The van der Waals surface area contributed by atoms with Crippen molar-refractivity contribution in [1.29, 1.82) is 0 Å². The zero-order valence-electron chi connectivity index (χ0n) is 12.7. The fourth-order valence-corrected chi connectivity index (χ4v) is 3.17. The largest absolute Gasteiger partial charge is 0.316 e. The van der Waals surface area contributed by atoms with Crippen molar-refractivity contribution in [2.45, 2.75) is 20.3 Å². The van der Waals surface area contributed by atoms with Crippen LogP contribution < -0.4 is 10.6 Å². The Kier molecular flexibility index (Phi) is 5.56. The third kappa shape index (κ3) is 3.66. The van der Waals surface area contributed by atoms with E-state index in [9.17, 15) is 4.79 Å². The van der Waals surface area contributed by atoms with Gasteiger partial charge in [-0.25, -0.2) is 4.98 Å². The summed E-state index contributed by atoms with van der Waals surface area (Å²) in [6.07, 6.45) is 0.904. The molecule has 1 aromatic carbocycles. The topological polar surface area (TPSA) is 54.0 Å². The molecule has 1 aromatic heterocycles. The van der Waals surface area contributed by atoms with Gasteiger partial charge in [-0.1, -0.05) is 12.1 Å². The second-order valence-electron chi connectivity index (χ2n) is 5.52. The number of amides is 1. The quantitative estimate of drug-likeness (QED) is 0.902. The summed E-state index contributed by atoms with van der Waals surface area (Å²) >= 11 is 1.48. The van der Waals surface area contributed by atoms with E-state index in [-0.39, 0.29) is 24.2 Å². The number of halogens is 1. The van der Waals surface area contributed by atoms with Crippen LogP contribution in [0.3, 0.4) is 0 Å². The number of thiazole rings is 1. The van der Waals surface area contributed by atoms with Crippen LogP contribution in [0.25, 0.3) is 11.3 Å². The van der Waals surface area contributed by atoms with Crippen LogP contribution in [0.4, 0.5) is 5.13 Å². The van der Waals surface area contributed by atoms with Crippen LogP contribution >= 0.6 is 23.7 Å². The number of aryl methyl sites for hydroxylation is 2. The number of benzene rings is 1. The van der Waals surface area contributed by atoms with Crippen molar-refractivity contribution >= 4 is 34.8 Å². The number of hydrogen-bond acceptors (Lipinski definition) is 4. The third-order valence-electron chi connectivity index (χ3n) is 3.97. The van der Waals surface area contributed by atoms with E-state index in [1.807, 2.05) is 5.38 Å². The predicted octanol–water partition coefficient (Wildman–Crippen LogP) is 3.40. The molecule has 22 heavy (non-hydrogen) atoms. The van der Waals surface area contributed by atoms with Gasteiger partial charge in [0.25, 0.3) is 0 Å². The predicted molar refractivity (Wildman–Crippen MR) is 93.9 cm³/mol. The molecular formula is C16H20ClN3OS. The van der Waals surface area contributed by atoms with Crippen molar-refractivity contribution in [3.8, 4) is 11.3 Å². The molecule has 1 aliphatic rings. The number of nitrogens with one attached hydrogen (secondary N) is 2. The summed E-state index contributed by atoms with van der Waals surface area (Å²) in [4.78, 5) is 16.6. The van der Waals surface area contributed by atoms with E-state index in [4.69, 9.17) is 0 Å². The fraction of sp³-hybridized carbons (Fsp3) is 0.375. The van der Waals surface area contributed by atoms with Crippen LogP contribution in [0.5, 0.6) is 0 Å². The smallest absolute Gasteiger partial charge is 0.230 e. The molecule has 1 unspecified atom stereocenters. The van der Waals surface area contributed by atoms with Gasteiger partial charge in [0.05, 0.1) is 11.6 Å². The molecule has 1 aliphatic heterocycles. The lowest BCUT2D eigenvalue weighted by atomic mass is 10.1. The molecule has 3 rings (SSSR count). The number of carbonyl (C=O) groups excluding carboxylic acids is 1. The number of nitrogens with zero attached hydrogens (tertiary/aromatic N) is 1. The molecule has 0 aliphatic carbocycles. The Morgan fingerprint density at radius 3 is 2.86 bits per heavy atom. The Morgan fingerprint density at radius 1 is 1.36 bits per heavy atom. The van der Waals surface area contributed by atoms with Gasteiger partial charge in [-0.05, 0) is 44.0 Å². The van der Waals surface area contributed by atoms with Crippen molar-refractivity contribution in [1.82, 2.24) is 10.3 Å². The van der Waals surface area contributed by atoms with Gasteiger partial charge in [0, 0.05) is 17.5 Å². The summed E-state index contributed by atoms with van der Waals surface area (Å²) in [5, 5.41) is 8.81. The molecule has 1 fully saturated rings. The lowest BCUT2D eigenvalue weighted by Crippen LogP contribution is -2.24. The first kappa shape index (κ1) is 16.9. The summed E-state index contributed by atoms with van der Waals surface area (Å²) in [7, 11) is 0. The van der Waals surface area contributed by atoms with Crippen LogP contribution in [0, 0.1) is 19.8 Å². The molecule has 0 saturated carbocycles. The van der Waals surface area contributed by atoms with Crippen molar-refractivity contribution in [2.75, 3.05) is 18.4 Å². The summed E-state index contributed by atoms with van der Waals surface area (Å²) < 4.78 is 0. The van der Waals surface area contributed by atoms with Gasteiger partial charge >= 0.3 is 0 Å². The van der Waals surface area contributed by atoms with E-state index in [0.29, 0.717) is 5.13 Å². The Hall–Kier alpha value is -1.43. The molecule has 0 bridgehead atoms. The normalized spacial score (nSPS) is 17.1. The Morgan fingerprint density at radius 2 is 2.18 bits per heavy atom. The number of aromatic nitrogens is 1. The van der Waals surface area contributed by atoms with E-state index >= 15 is 0 Å². The van der Waals surface area contributed by atoms with E-state index in [1.165, 1.54) is 22.5 Å². The minimum absolute atomic E-state index is 0. The number of carbonyl (C=O) groups is 1.